The fraction of sp³-hybridized carbons (Fsp3) is 0.318. The minimum Gasteiger partial charge on any atom is -0.497 e. The fourth-order valence-electron chi connectivity index (χ4n) is 3.66. The molecule has 2 aliphatic rings. The highest BCUT2D eigenvalue weighted by molar-refractivity contribution is 6.16. The van der Waals surface area contributed by atoms with Gasteiger partial charge in [0.2, 0.25) is 5.82 Å². The number of fused-ring (bicyclic) bond motifs is 1. The molecule has 2 heterocycles. The highest BCUT2D eigenvalue weighted by Gasteiger charge is 2.46. The van der Waals surface area contributed by atoms with Gasteiger partial charge < -0.3 is 14.0 Å². The van der Waals surface area contributed by atoms with Crippen molar-refractivity contribution >= 4 is 17.6 Å². The first-order valence-electron chi connectivity index (χ1n) is 9.97. The van der Waals surface area contributed by atoms with Gasteiger partial charge in [-0.25, -0.2) is 4.79 Å². The first-order chi connectivity index (χ1) is 15.1. The maximum Gasteiger partial charge on any atom is 0.501 e. The Balaban J connectivity index is 1.69. The fourth-order valence-corrected chi connectivity index (χ4v) is 3.66. The predicted octanol–water partition coefficient (Wildman–Crippen LogP) is 2.82. The number of imide groups is 1. The van der Waals surface area contributed by atoms with Crippen LogP contribution in [0.3, 0.4) is 0 Å². The molecule has 4 rings (SSSR count). The molecule has 0 bridgehead atoms. The zero-order valence-corrected chi connectivity index (χ0v) is 17.6. The molecule has 1 atom stereocenters. The number of allylic oxidation sites excluding steroid dienone is 3. The Kier molecular flexibility index (Phi) is 5.66. The van der Waals surface area contributed by atoms with Gasteiger partial charge in [0.25, 0.3) is 5.89 Å². The summed E-state index contributed by atoms with van der Waals surface area (Å²) in [4.78, 5) is 31.6. The second kappa shape index (κ2) is 8.55. The number of amides is 3. The molecule has 0 saturated carbocycles. The van der Waals surface area contributed by atoms with Crippen molar-refractivity contribution in [1.29, 1.82) is 0 Å². The quantitative estimate of drug-likeness (QED) is 0.632. The summed E-state index contributed by atoms with van der Waals surface area (Å²) in [6.07, 6.45) is 7.85. The minimum absolute atomic E-state index is 0.0512. The van der Waals surface area contributed by atoms with Crippen LogP contribution in [0.2, 0.25) is 0 Å². The van der Waals surface area contributed by atoms with Gasteiger partial charge in [-0.15, -0.1) is 0 Å². The summed E-state index contributed by atoms with van der Waals surface area (Å²) in [6.45, 7) is 2.33. The number of nitrogens with zero attached hydrogens (tertiary/aromatic N) is 4. The van der Waals surface area contributed by atoms with E-state index in [-0.39, 0.29) is 18.3 Å². The maximum atomic E-state index is 13.1. The highest BCUT2D eigenvalue weighted by atomic mass is 16.5. The Hall–Kier alpha value is -3.75. The second-order valence-corrected chi connectivity index (χ2v) is 7.08. The van der Waals surface area contributed by atoms with Crippen molar-refractivity contribution < 1.29 is 28.2 Å². The molecule has 0 fully saturated rings. The Morgan fingerprint density at radius 3 is 2.77 bits per heavy atom. The number of carbonyl (C=O) groups excluding carboxylic acids is 2. The van der Waals surface area contributed by atoms with E-state index in [9.17, 15) is 9.59 Å². The summed E-state index contributed by atoms with van der Waals surface area (Å²) >= 11 is 0. The zero-order chi connectivity index (χ0) is 22.0. The van der Waals surface area contributed by atoms with Crippen LogP contribution in [0, 0.1) is 5.92 Å². The lowest BCUT2D eigenvalue weighted by atomic mass is 9.94. The monoisotopic (exact) mass is 423 g/mol. The van der Waals surface area contributed by atoms with Gasteiger partial charge in [0, 0.05) is 0 Å². The van der Waals surface area contributed by atoms with Crippen LogP contribution in [-0.4, -0.2) is 58.0 Å². The van der Waals surface area contributed by atoms with E-state index in [2.05, 4.69) is 10.1 Å². The first-order valence-corrected chi connectivity index (χ1v) is 9.97. The summed E-state index contributed by atoms with van der Waals surface area (Å²) < 4.78 is 17.6. The van der Waals surface area contributed by atoms with Crippen molar-refractivity contribution in [3.63, 3.8) is 0 Å². The molecule has 9 nitrogen and oxygen atoms in total. The minimum atomic E-state index is -0.505. The molecule has 2 aromatic rings. The lowest BCUT2D eigenvalue weighted by molar-refractivity contribution is -0.460. The third-order valence-corrected chi connectivity index (χ3v) is 5.16. The summed E-state index contributed by atoms with van der Waals surface area (Å²) in [5.41, 5.74) is 1.21. The van der Waals surface area contributed by atoms with Crippen LogP contribution in [-0.2, 0) is 11.3 Å². The summed E-state index contributed by atoms with van der Waals surface area (Å²) in [5.74, 6) is 1.03. The largest absolute Gasteiger partial charge is 0.501 e. The van der Waals surface area contributed by atoms with Gasteiger partial charge >= 0.3 is 11.9 Å². The van der Waals surface area contributed by atoms with Gasteiger partial charge in [-0.1, -0.05) is 30.3 Å². The predicted molar refractivity (Wildman–Crippen MR) is 111 cm³/mol. The molecule has 0 saturated heterocycles. The van der Waals surface area contributed by atoms with Crippen molar-refractivity contribution in [1.82, 2.24) is 15.0 Å². The van der Waals surface area contributed by atoms with Crippen LogP contribution in [0.25, 0.3) is 11.4 Å². The van der Waals surface area contributed by atoms with Gasteiger partial charge in [0.1, 0.15) is 23.1 Å². The Labute approximate surface area is 179 Å². The van der Waals surface area contributed by atoms with Crippen LogP contribution >= 0.6 is 0 Å². The van der Waals surface area contributed by atoms with Crippen LogP contribution in [0.15, 0.2) is 47.0 Å². The topological polar surface area (TPSA) is 97.8 Å². The Morgan fingerprint density at radius 1 is 1.19 bits per heavy atom. The van der Waals surface area contributed by atoms with Gasteiger partial charge in [0.05, 0.1) is 26.3 Å². The molecule has 31 heavy (non-hydrogen) atoms. The summed E-state index contributed by atoms with van der Waals surface area (Å²) in [7, 11) is 3.12. The highest BCUT2D eigenvalue weighted by Crippen LogP contribution is 2.31. The number of methoxy groups -OCH3 is 2. The van der Waals surface area contributed by atoms with Gasteiger partial charge in [-0.2, -0.15) is 19.3 Å². The number of urea groups is 1. The van der Waals surface area contributed by atoms with Crippen LogP contribution in [0.1, 0.15) is 19.2 Å². The van der Waals surface area contributed by atoms with E-state index < -0.39 is 11.9 Å². The lowest BCUT2D eigenvalue weighted by Crippen LogP contribution is -2.54. The van der Waals surface area contributed by atoms with E-state index in [4.69, 9.17) is 14.0 Å². The van der Waals surface area contributed by atoms with Crippen molar-refractivity contribution in [2.24, 2.45) is 5.92 Å². The van der Waals surface area contributed by atoms with Crippen LogP contribution in [0.4, 0.5) is 4.79 Å². The van der Waals surface area contributed by atoms with Gasteiger partial charge in [-0.3, -0.25) is 0 Å². The number of rotatable bonds is 7. The third-order valence-electron chi connectivity index (χ3n) is 5.16. The number of hydrogen-bond donors (Lipinski definition) is 0. The molecule has 1 aromatic carbocycles. The van der Waals surface area contributed by atoms with Crippen LogP contribution in [0.5, 0.6) is 11.5 Å². The molecule has 0 radical (unpaired) electrons. The number of carbonyl (C=O) groups is 2. The number of benzene rings is 1. The standard InChI is InChI=1S/C22H23N4O5/c1-4-11-25-21(27)15-7-5-6-8-17(15)26(22(25)28)13-19-23-20(24-31-19)16-12-14(29-2)9-10-18(16)30-3/h5-10,12,15H,4,11,13H2,1-3H3/q+1. The first kappa shape index (κ1) is 20.5. The number of aromatic nitrogens is 2. The van der Waals surface area contributed by atoms with E-state index in [1.54, 1.807) is 50.6 Å². The van der Waals surface area contributed by atoms with E-state index in [0.29, 0.717) is 41.6 Å². The SMILES string of the molecule is CCCN1C(=O)C2C=CC=CC2=[N+](Cc2nc(-c3cc(OC)ccc3OC)no2)C1=O. The molecule has 1 aliphatic carbocycles. The van der Waals surface area contributed by atoms with Crippen molar-refractivity contribution in [3.8, 4) is 22.9 Å². The Bertz CT molecular complexity index is 1110. The average Bonchev–Trinajstić information content (AvgIpc) is 3.27. The van der Waals surface area contributed by atoms with Crippen LogP contribution < -0.4 is 9.47 Å². The zero-order valence-electron chi connectivity index (χ0n) is 17.6. The van der Waals surface area contributed by atoms with E-state index in [0.717, 1.165) is 0 Å². The molecule has 0 spiro atoms. The molecule has 1 aromatic heterocycles. The van der Waals surface area contributed by atoms with Crippen molar-refractivity contribution in [3.05, 3.63) is 48.4 Å². The van der Waals surface area contributed by atoms with Crippen molar-refractivity contribution in [2.45, 2.75) is 19.9 Å². The Morgan fingerprint density at radius 2 is 2.03 bits per heavy atom. The molecule has 1 aliphatic heterocycles. The number of ether oxygens (including phenoxy) is 2. The molecule has 0 N–H and O–H groups in total. The smallest absolute Gasteiger partial charge is 0.497 e. The maximum absolute atomic E-state index is 13.1. The summed E-state index contributed by atoms with van der Waals surface area (Å²) in [6, 6.07) is 4.89. The van der Waals surface area contributed by atoms with Crippen molar-refractivity contribution in [2.75, 3.05) is 20.8 Å². The molecule has 9 heteroatoms. The summed E-state index contributed by atoms with van der Waals surface area (Å²) in [5, 5.41) is 4.05. The molecular formula is C22H23N4O5+. The van der Waals surface area contributed by atoms with Gasteiger partial charge in [0.15, 0.2) is 6.54 Å². The lowest BCUT2D eigenvalue weighted by Gasteiger charge is -2.26. The van der Waals surface area contributed by atoms with E-state index in [1.165, 1.54) is 9.48 Å². The number of hydrogen-bond acceptors (Lipinski definition) is 7. The van der Waals surface area contributed by atoms with Gasteiger partial charge in [-0.05, 0) is 30.7 Å². The van der Waals surface area contributed by atoms with E-state index >= 15 is 0 Å². The second-order valence-electron chi connectivity index (χ2n) is 7.08. The molecule has 160 valence electrons. The average molecular weight is 423 g/mol. The van der Waals surface area contributed by atoms with E-state index in [1.807, 2.05) is 13.0 Å². The normalized spacial score (nSPS) is 17.9. The third kappa shape index (κ3) is 3.74. The molecular weight excluding hydrogens is 400 g/mol. The molecule has 3 amide bonds. The molecule has 1 unspecified atom stereocenters.